The average Bonchev–Trinajstić information content (AvgIpc) is 3.02. The lowest BCUT2D eigenvalue weighted by Crippen LogP contribution is -2.38. The van der Waals surface area contributed by atoms with Crippen LogP contribution in [0.4, 0.5) is 0 Å². The van der Waals surface area contributed by atoms with Crippen molar-refractivity contribution in [1.82, 2.24) is 19.8 Å². The fourth-order valence-electron chi connectivity index (χ4n) is 3.34. The summed E-state index contributed by atoms with van der Waals surface area (Å²) in [6, 6.07) is 6.19. The minimum Gasteiger partial charge on any atom is -0.367 e. The maximum Gasteiger partial charge on any atom is 0.330 e. The molecule has 1 aliphatic heterocycles. The number of nitrogens with zero attached hydrogens (tertiary/aromatic N) is 4. The second kappa shape index (κ2) is 8.21. The molecule has 0 amide bonds. The normalized spacial score (nSPS) is 16.4. The maximum atomic E-state index is 12.0. The van der Waals surface area contributed by atoms with Crippen molar-refractivity contribution in [3.8, 4) is 11.3 Å². The van der Waals surface area contributed by atoms with Crippen LogP contribution in [0, 0.1) is 11.3 Å². The number of aromatic nitrogens is 3. The predicted octanol–water partition coefficient (Wildman–Crippen LogP) is 3.63. The number of pyridine rings is 1. The van der Waals surface area contributed by atoms with Crippen molar-refractivity contribution < 1.29 is 9.63 Å². The van der Waals surface area contributed by atoms with Gasteiger partial charge in [0.1, 0.15) is 0 Å². The second-order valence-electron chi connectivity index (χ2n) is 8.42. The highest BCUT2D eigenvalue weighted by Gasteiger charge is 2.28. The fourth-order valence-corrected chi connectivity index (χ4v) is 3.34. The molecule has 2 aromatic rings. The summed E-state index contributed by atoms with van der Waals surface area (Å²) in [5.74, 6) is 0.499. The van der Waals surface area contributed by atoms with Crippen molar-refractivity contribution in [2.24, 2.45) is 18.4 Å². The van der Waals surface area contributed by atoms with E-state index in [-0.39, 0.29) is 5.97 Å². The lowest BCUT2D eigenvalue weighted by atomic mass is 9.92. The molecule has 0 bridgehead atoms. The number of carbonyl (C=O) groups excluding carboxylic acids is 1. The van der Waals surface area contributed by atoms with Crippen LogP contribution in [0.15, 0.2) is 30.6 Å². The van der Waals surface area contributed by atoms with Crippen LogP contribution in [0.25, 0.3) is 11.3 Å². The third kappa shape index (κ3) is 5.16. The molecule has 0 spiro atoms. The Morgan fingerprint density at radius 1 is 1.22 bits per heavy atom. The first-order chi connectivity index (χ1) is 12.8. The van der Waals surface area contributed by atoms with Crippen molar-refractivity contribution in [3.63, 3.8) is 0 Å². The van der Waals surface area contributed by atoms with E-state index in [9.17, 15) is 4.79 Å². The first-order valence-corrected chi connectivity index (χ1v) is 9.73. The fraction of sp³-hybridized carbons (Fsp3) is 0.571. The van der Waals surface area contributed by atoms with E-state index in [1.165, 1.54) is 0 Å². The second-order valence-corrected chi connectivity index (χ2v) is 8.42. The zero-order valence-corrected chi connectivity index (χ0v) is 16.8. The molecule has 146 valence electrons. The van der Waals surface area contributed by atoms with E-state index < -0.39 is 5.41 Å². The van der Waals surface area contributed by atoms with Crippen LogP contribution < -0.4 is 0 Å². The van der Waals surface area contributed by atoms with Gasteiger partial charge in [-0.3, -0.25) is 9.67 Å². The minimum atomic E-state index is -0.456. The molecule has 1 fully saturated rings. The highest BCUT2D eigenvalue weighted by molar-refractivity contribution is 5.75. The molecule has 0 radical (unpaired) electrons. The van der Waals surface area contributed by atoms with Crippen LogP contribution in [0.3, 0.4) is 0 Å². The molecule has 27 heavy (non-hydrogen) atoms. The maximum absolute atomic E-state index is 12.0. The van der Waals surface area contributed by atoms with E-state index in [1.54, 1.807) is 0 Å². The number of aryl methyl sites for hydroxylation is 2. The molecule has 0 atom stereocenters. The third-order valence-corrected chi connectivity index (χ3v) is 5.11. The molecule has 3 heterocycles. The summed E-state index contributed by atoms with van der Waals surface area (Å²) in [4.78, 5) is 21.6. The Bertz CT molecular complexity index is 756. The SMILES string of the molecule is Cn1nc(CCC2CCN(OC(=O)C(C)(C)C)CC2)cc1-c1ccncc1. The number of piperidine rings is 1. The zero-order valence-electron chi connectivity index (χ0n) is 16.8. The van der Waals surface area contributed by atoms with Gasteiger partial charge in [0, 0.05) is 38.1 Å². The molecule has 6 nitrogen and oxygen atoms in total. The van der Waals surface area contributed by atoms with E-state index in [0.717, 1.165) is 55.7 Å². The Morgan fingerprint density at radius 3 is 2.52 bits per heavy atom. The number of carbonyl (C=O) groups is 1. The molecular formula is C21H30N4O2. The Hall–Kier alpha value is -2.21. The molecule has 0 saturated carbocycles. The summed E-state index contributed by atoms with van der Waals surface area (Å²) < 4.78 is 1.94. The van der Waals surface area contributed by atoms with Crippen molar-refractivity contribution in [2.75, 3.05) is 13.1 Å². The lowest BCUT2D eigenvalue weighted by molar-refractivity contribution is -0.206. The molecule has 1 saturated heterocycles. The summed E-state index contributed by atoms with van der Waals surface area (Å²) >= 11 is 0. The number of hydrogen-bond acceptors (Lipinski definition) is 5. The quantitative estimate of drug-likeness (QED) is 0.804. The molecule has 0 aromatic carbocycles. The van der Waals surface area contributed by atoms with Crippen molar-refractivity contribution in [3.05, 3.63) is 36.3 Å². The standard InChI is InChI=1S/C21H30N4O2/c1-21(2,3)20(26)27-25-13-9-16(10-14-25)5-6-18-15-19(24(4)23-18)17-7-11-22-12-8-17/h7-8,11-12,15-16H,5-6,9-10,13-14H2,1-4H3. The first-order valence-electron chi connectivity index (χ1n) is 9.73. The van der Waals surface area contributed by atoms with E-state index >= 15 is 0 Å². The van der Waals surface area contributed by atoms with Crippen LogP contribution in [0.2, 0.25) is 0 Å². The number of rotatable bonds is 5. The molecule has 0 N–H and O–H groups in total. The summed E-state index contributed by atoms with van der Waals surface area (Å²) in [6.45, 7) is 7.29. The largest absolute Gasteiger partial charge is 0.367 e. The van der Waals surface area contributed by atoms with E-state index in [0.29, 0.717) is 5.92 Å². The van der Waals surface area contributed by atoms with E-state index in [4.69, 9.17) is 4.84 Å². The summed E-state index contributed by atoms with van der Waals surface area (Å²) in [5, 5.41) is 6.50. The van der Waals surface area contributed by atoms with Gasteiger partial charge in [-0.25, -0.2) is 4.79 Å². The predicted molar refractivity (Wildman–Crippen MR) is 105 cm³/mol. The highest BCUT2D eigenvalue weighted by atomic mass is 16.7. The van der Waals surface area contributed by atoms with Crippen molar-refractivity contribution in [1.29, 1.82) is 0 Å². The Balaban J connectivity index is 1.48. The molecular weight excluding hydrogens is 340 g/mol. The monoisotopic (exact) mass is 370 g/mol. The molecule has 2 aromatic heterocycles. The minimum absolute atomic E-state index is 0.155. The lowest BCUT2D eigenvalue weighted by Gasteiger charge is -2.32. The molecule has 3 rings (SSSR count). The molecule has 6 heteroatoms. The number of hydroxylamine groups is 2. The topological polar surface area (TPSA) is 60.2 Å². The van der Waals surface area contributed by atoms with Gasteiger partial charge in [-0.2, -0.15) is 5.10 Å². The highest BCUT2D eigenvalue weighted by Crippen LogP contribution is 2.25. The van der Waals surface area contributed by atoms with Gasteiger partial charge in [0.15, 0.2) is 0 Å². The van der Waals surface area contributed by atoms with Crippen LogP contribution in [-0.2, 0) is 23.1 Å². The van der Waals surface area contributed by atoms with Gasteiger partial charge in [-0.15, -0.1) is 5.06 Å². The van der Waals surface area contributed by atoms with Gasteiger partial charge in [0.25, 0.3) is 0 Å². The molecule has 0 aliphatic carbocycles. The van der Waals surface area contributed by atoms with E-state index in [1.807, 2.05) is 62.1 Å². The van der Waals surface area contributed by atoms with Gasteiger partial charge >= 0.3 is 5.97 Å². The van der Waals surface area contributed by atoms with Crippen LogP contribution in [0.5, 0.6) is 0 Å². The first kappa shape index (κ1) is 19.5. The summed E-state index contributed by atoms with van der Waals surface area (Å²) in [5.41, 5.74) is 2.94. The average molecular weight is 370 g/mol. The molecule has 1 aliphatic rings. The third-order valence-electron chi connectivity index (χ3n) is 5.11. The Morgan fingerprint density at radius 2 is 1.89 bits per heavy atom. The van der Waals surface area contributed by atoms with Crippen LogP contribution in [0.1, 0.15) is 45.7 Å². The molecule has 0 unspecified atom stereocenters. The Kier molecular flexibility index (Phi) is 5.95. The summed E-state index contributed by atoms with van der Waals surface area (Å²) in [7, 11) is 1.99. The van der Waals surface area contributed by atoms with Crippen molar-refractivity contribution >= 4 is 5.97 Å². The van der Waals surface area contributed by atoms with E-state index in [2.05, 4.69) is 16.1 Å². The number of hydrogen-bond donors (Lipinski definition) is 0. The Labute approximate surface area is 161 Å². The van der Waals surface area contributed by atoms with Crippen molar-refractivity contribution in [2.45, 2.75) is 46.5 Å². The van der Waals surface area contributed by atoms with Gasteiger partial charge in [-0.1, -0.05) is 0 Å². The van der Waals surface area contributed by atoms with Gasteiger partial charge < -0.3 is 4.84 Å². The smallest absolute Gasteiger partial charge is 0.330 e. The van der Waals surface area contributed by atoms with Gasteiger partial charge in [0.2, 0.25) is 0 Å². The summed E-state index contributed by atoms with van der Waals surface area (Å²) in [6.07, 6.45) is 7.83. The van der Waals surface area contributed by atoms with Gasteiger partial charge in [-0.05, 0) is 70.6 Å². The van der Waals surface area contributed by atoms with Crippen LogP contribution in [-0.4, -0.2) is 38.9 Å². The zero-order chi connectivity index (χ0) is 19.4. The van der Waals surface area contributed by atoms with Gasteiger partial charge in [0.05, 0.1) is 16.8 Å². The van der Waals surface area contributed by atoms with Crippen LogP contribution >= 0.6 is 0 Å².